The Morgan fingerprint density at radius 3 is 2.86 bits per heavy atom. The topological polar surface area (TPSA) is 67.9 Å². The molecule has 0 aliphatic rings. The van der Waals surface area contributed by atoms with Gasteiger partial charge in [0.25, 0.3) is 0 Å². The Morgan fingerprint density at radius 2 is 2.00 bits per heavy atom. The maximum Gasteiger partial charge on any atom is 0.357 e. The van der Waals surface area contributed by atoms with Crippen molar-refractivity contribution in [1.82, 2.24) is 15.0 Å². The molecule has 5 nitrogen and oxygen atoms in total. The van der Waals surface area contributed by atoms with E-state index in [1.807, 2.05) is 30.5 Å². The van der Waals surface area contributed by atoms with Crippen LogP contribution in [0.5, 0.6) is 0 Å². The van der Waals surface area contributed by atoms with Gasteiger partial charge in [-0.15, -0.1) is 0 Å². The molecule has 21 heavy (non-hydrogen) atoms. The van der Waals surface area contributed by atoms with Crippen molar-refractivity contribution >= 4 is 38.5 Å². The first-order chi connectivity index (χ1) is 10.3. The van der Waals surface area contributed by atoms with Crippen LogP contribution < -0.4 is 0 Å². The number of H-pyrrole nitrogens is 1. The first-order valence-corrected chi connectivity index (χ1v) is 6.52. The van der Waals surface area contributed by atoms with Crippen LogP contribution in [-0.2, 0) is 4.74 Å². The first kappa shape index (κ1) is 11.8. The average Bonchev–Trinajstić information content (AvgIpc) is 3.00. The van der Waals surface area contributed by atoms with Gasteiger partial charge in [-0.2, -0.15) is 0 Å². The van der Waals surface area contributed by atoms with Gasteiger partial charge >= 0.3 is 5.97 Å². The molecular weight excluding hydrogens is 266 g/mol. The SMILES string of the molecule is COC(=O)c1ncc2c3ccc[nH]c3c3ncccc3c12. The molecule has 102 valence electrons. The lowest BCUT2D eigenvalue weighted by Crippen LogP contribution is -2.02. The fourth-order valence-electron chi connectivity index (χ4n) is 2.78. The summed E-state index contributed by atoms with van der Waals surface area (Å²) in [7, 11) is 1.36. The van der Waals surface area contributed by atoms with Crippen LogP contribution in [0.4, 0.5) is 0 Å². The molecule has 1 N–H and O–H groups in total. The zero-order valence-electron chi connectivity index (χ0n) is 11.3. The van der Waals surface area contributed by atoms with E-state index in [0.717, 1.165) is 32.6 Å². The molecule has 0 atom stereocenters. The number of hydrogen-bond acceptors (Lipinski definition) is 4. The van der Waals surface area contributed by atoms with Crippen LogP contribution in [0.3, 0.4) is 0 Å². The van der Waals surface area contributed by atoms with Crippen LogP contribution in [-0.4, -0.2) is 28.0 Å². The van der Waals surface area contributed by atoms with E-state index in [-0.39, 0.29) is 0 Å². The molecular formula is C16H11N3O2. The number of ether oxygens (including phenoxy) is 1. The Labute approximate surface area is 119 Å². The zero-order chi connectivity index (χ0) is 14.4. The number of benzene rings is 1. The lowest BCUT2D eigenvalue weighted by atomic mass is 10.0. The number of esters is 1. The third-order valence-corrected chi connectivity index (χ3v) is 3.67. The standard InChI is InChI=1S/C16H11N3O2/c1-21-16(20)15-12-10-5-3-7-18-14(10)13-9(4-2-6-17-13)11(12)8-19-15/h2-8,17H,1H3. The number of aromatic amines is 1. The fourth-order valence-corrected chi connectivity index (χ4v) is 2.78. The lowest BCUT2D eigenvalue weighted by molar-refractivity contribution is 0.0597. The molecule has 0 spiro atoms. The van der Waals surface area contributed by atoms with Crippen molar-refractivity contribution < 1.29 is 9.53 Å². The van der Waals surface area contributed by atoms with E-state index < -0.39 is 5.97 Å². The van der Waals surface area contributed by atoms with Crippen molar-refractivity contribution in [3.05, 3.63) is 48.5 Å². The molecule has 3 heterocycles. The van der Waals surface area contributed by atoms with Crippen LogP contribution in [0.2, 0.25) is 0 Å². The van der Waals surface area contributed by atoms with Crippen molar-refractivity contribution in [1.29, 1.82) is 0 Å². The van der Waals surface area contributed by atoms with Gasteiger partial charge < -0.3 is 9.72 Å². The van der Waals surface area contributed by atoms with Gasteiger partial charge in [0.2, 0.25) is 0 Å². The zero-order valence-corrected chi connectivity index (χ0v) is 11.3. The molecule has 0 aliphatic heterocycles. The molecule has 4 aromatic rings. The minimum atomic E-state index is -0.436. The summed E-state index contributed by atoms with van der Waals surface area (Å²) in [6.45, 7) is 0. The number of carbonyl (C=O) groups is 1. The largest absolute Gasteiger partial charge is 0.464 e. The minimum Gasteiger partial charge on any atom is -0.464 e. The van der Waals surface area contributed by atoms with E-state index in [4.69, 9.17) is 4.74 Å². The molecule has 3 aromatic heterocycles. The quantitative estimate of drug-likeness (QED) is 0.429. The molecule has 0 saturated heterocycles. The van der Waals surface area contributed by atoms with Crippen LogP contribution in [0.25, 0.3) is 32.6 Å². The summed E-state index contributed by atoms with van der Waals surface area (Å²) < 4.78 is 4.83. The van der Waals surface area contributed by atoms with Crippen molar-refractivity contribution in [2.24, 2.45) is 0 Å². The second kappa shape index (κ2) is 4.28. The van der Waals surface area contributed by atoms with Crippen LogP contribution in [0.1, 0.15) is 10.5 Å². The third kappa shape index (κ3) is 1.54. The van der Waals surface area contributed by atoms with Gasteiger partial charge in [0, 0.05) is 40.1 Å². The number of methoxy groups -OCH3 is 1. The minimum absolute atomic E-state index is 0.330. The predicted octanol–water partition coefficient (Wildman–Crippen LogP) is 3.05. The summed E-state index contributed by atoms with van der Waals surface area (Å²) in [6, 6.07) is 7.70. The molecule has 0 aliphatic carbocycles. The van der Waals surface area contributed by atoms with Gasteiger partial charge in [-0.05, 0) is 12.1 Å². The first-order valence-electron chi connectivity index (χ1n) is 6.52. The Kier molecular flexibility index (Phi) is 2.41. The molecule has 0 radical (unpaired) electrons. The monoisotopic (exact) mass is 277 g/mol. The molecule has 0 unspecified atom stereocenters. The second-order valence-electron chi connectivity index (χ2n) is 4.75. The van der Waals surface area contributed by atoms with Crippen molar-refractivity contribution in [2.45, 2.75) is 0 Å². The number of pyridine rings is 2. The normalized spacial score (nSPS) is 11.3. The van der Waals surface area contributed by atoms with Gasteiger partial charge in [-0.25, -0.2) is 9.78 Å². The summed E-state index contributed by atoms with van der Waals surface area (Å²) >= 11 is 0. The lowest BCUT2D eigenvalue weighted by Gasteiger charge is -2.06. The van der Waals surface area contributed by atoms with E-state index in [2.05, 4.69) is 15.0 Å². The summed E-state index contributed by atoms with van der Waals surface area (Å²) in [4.78, 5) is 23.9. The number of rotatable bonds is 1. The van der Waals surface area contributed by atoms with Crippen LogP contribution in [0, 0.1) is 0 Å². The van der Waals surface area contributed by atoms with Gasteiger partial charge in [0.05, 0.1) is 18.1 Å². The Hall–Kier alpha value is -2.95. The number of carbonyl (C=O) groups excluding carboxylic acids is 1. The Bertz CT molecular complexity index is 1000. The van der Waals surface area contributed by atoms with E-state index in [9.17, 15) is 4.79 Å². The maximum absolute atomic E-state index is 12.0. The Morgan fingerprint density at radius 1 is 1.14 bits per heavy atom. The molecule has 0 fully saturated rings. The summed E-state index contributed by atoms with van der Waals surface area (Å²) in [5.74, 6) is -0.436. The highest BCUT2D eigenvalue weighted by atomic mass is 16.5. The van der Waals surface area contributed by atoms with Crippen molar-refractivity contribution in [2.75, 3.05) is 7.11 Å². The average molecular weight is 277 g/mol. The highest BCUT2D eigenvalue weighted by Crippen LogP contribution is 2.34. The number of nitrogens with one attached hydrogen (secondary N) is 1. The number of fused-ring (bicyclic) bond motifs is 6. The van der Waals surface area contributed by atoms with E-state index in [1.165, 1.54) is 7.11 Å². The molecule has 0 bridgehead atoms. The van der Waals surface area contributed by atoms with E-state index in [0.29, 0.717) is 5.69 Å². The molecule has 0 amide bonds. The molecule has 4 rings (SSSR count). The van der Waals surface area contributed by atoms with Gasteiger partial charge in [-0.1, -0.05) is 12.1 Å². The van der Waals surface area contributed by atoms with E-state index in [1.54, 1.807) is 12.4 Å². The summed E-state index contributed by atoms with van der Waals surface area (Å²) in [6.07, 6.45) is 5.31. The number of nitrogens with zero attached hydrogens (tertiary/aromatic N) is 2. The molecule has 1 aromatic carbocycles. The fraction of sp³-hybridized carbons (Fsp3) is 0.0625. The van der Waals surface area contributed by atoms with E-state index >= 15 is 0 Å². The molecule has 0 saturated carbocycles. The van der Waals surface area contributed by atoms with Gasteiger partial charge in [-0.3, -0.25) is 4.98 Å². The number of aromatic nitrogens is 3. The van der Waals surface area contributed by atoms with Crippen LogP contribution >= 0.6 is 0 Å². The van der Waals surface area contributed by atoms with Crippen LogP contribution in [0.15, 0.2) is 42.9 Å². The Balaban J connectivity index is 2.32. The van der Waals surface area contributed by atoms with Crippen molar-refractivity contribution in [3.63, 3.8) is 0 Å². The van der Waals surface area contributed by atoms with Crippen molar-refractivity contribution in [3.8, 4) is 0 Å². The smallest absolute Gasteiger partial charge is 0.357 e. The summed E-state index contributed by atoms with van der Waals surface area (Å²) in [5.41, 5.74) is 2.08. The highest BCUT2D eigenvalue weighted by molar-refractivity contribution is 6.26. The third-order valence-electron chi connectivity index (χ3n) is 3.67. The second-order valence-corrected chi connectivity index (χ2v) is 4.75. The highest BCUT2D eigenvalue weighted by Gasteiger charge is 2.19. The van der Waals surface area contributed by atoms with Gasteiger partial charge in [0.15, 0.2) is 5.69 Å². The van der Waals surface area contributed by atoms with Gasteiger partial charge in [0.1, 0.15) is 0 Å². The maximum atomic E-state index is 12.0. The summed E-state index contributed by atoms with van der Waals surface area (Å²) in [5, 5.41) is 3.58. The predicted molar refractivity (Wildman–Crippen MR) is 80.2 cm³/mol. The number of hydrogen-bond donors (Lipinski definition) is 1. The molecule has 5 heteroatoms.